The van der Waals surface area contributed by atoms with E-state index in [4.69, 9.17) is 19.6 Å². The maximum atomic E-state index is 8.92. The van der Waals surface area contributed by atoms with Crippen molar-refractivity contribution in [1.29, 1.82) is 0 Å². The topological polar surface area (TPSA) is 65.4 Å². The molecule has 0 bridgehead atoms. The second-order valence-corrected chi connectivity index (χ2v) is 3.12. The van der Waals surface area contributed by atoms with E-state index in [2.05, 4.69) is 0 Å². The van der Waals surface area contributed by atoms with Crippen LogP contribution in [0.3, 0.4) is 0 Å². The third-order valence-electron chi connectivity index (χ3n) is 1.57. The molecule has 0 unspecified atom stereocenters. The molecule has 0 saturated heterocycles. The minimum Gasteiger partial charge on any atom is -0.412 e. The first-order chi connectivity index (χ1) is 6.57. The van der Waals surface area contributed by atoms with E-state index in [1.165, 1.54) is 0 Å². The third-order valence-corrected chi connectivity index (χ3v) is 1.57. The highest BCUT2D eigenvalue weighted by Gasteiger charge is 2.20. The van der Waals surface area contributed by atoms with Gasteiger partial charge in [0.15, 0.2) is 0 Å². The minimum atomic E-state index is -1.59. The average molecular weight is 206 g/mol. The Morgan fingerprint density at radius 2 is 1.79 bits per heavy atom. The van der Waals surface area contributed by atoms with Gasteiger partial charge in [0.1, 0.15) is 0 Å². The van der Waals surface area contributed by atoms with Gasteiger partial charge in [0.2, 0.25) is 0 Å². The number of likely N-dealkylation sites (N-methyl/N-ethyl adjacent to an activating group) is 1. The molecule has 6 nitrogen and oxygen atoms in total. The molecule has 7 heteroatoms. The summed E-state index contributed by atoms with van der Waals surface area (Å²) in [6.07, 6.45) is 0. The fraction of sp³-hybridized carbons (Fsp3) is 1.00. The Kier molecular flexibility index (Phi) is 8.06. The van der Waals surface area contributed by atoms with Crippen molar-refractivity contribution < 1.29 is 19.6 Å². The zero-order chi connectivity index (χ0) is 11.0. The summed E-state index contributed by atoms with van der Waals surface area (Å²) in [4.78, 5) is 8.11. The Hall–Kier alpha value is -0.175. The highest BCUT2D eigenvalue weighted by Crippen LogP contribution is 1.92. The first kappa shape index (κ1) is 13.8. The molecule has 2 N–H and O–H groups in total. The van der Waals surface area contributed by atoms with Gasteiger partial charge in [-0.25, -0.2) is 0 Å². The van der Waals surface area contributed by atoms with E-state index < -0.39 is 7.25 Å². The van der Waals surface area contributed by atoms with Crippen molar-refractivity contribution in [2.24, 2.45) is 0 Å². The van der Waals surface area contributed by atoms with E-state index in [0.29, 0.717) is 26.3 Å². The SMILES string of the molecule is COCCON(CCN(C)C)B(O)O. The van der Waals surface area contributed by atoms with E-state index in [1.54, 1.807) is 7.11 Å². The fourth-order valence-electron chi connectivity index (χ4n) is 0.783. The molecule has 14 heavy (non-hydrogen) atoms. The predicted molar refractivity (Wildman–Crippen MR) is 53.3 cm³/mol. The van der Waals surface area contributed by atoms with Crippen molar-refractivity contribution in [1.82, 2.24) is 9.87 Å². The fourth-order valence-corrected chi connectivity index (χ4v) is 0.783. The molecule has 0 fully saturated rings. The third kappa shape index (κ3) is 7.25. The van der Waals surface area contributed by atoms with Crippen LogP contribution in [0, 0.1) is 0 Å². The summed E-state index contributed by atoms with van der Waals surface area (Å²) < 4.78 is 4.77. The zero-order valence-electron chi connectivity index (χ0n) is 9.01. The first-order valence-electron chi connectivity index (χ1n) is 4.47. The quantitative estimate of drug-likeness (QED) is 0.283. The van der Waals surface area contributed by atoms with Gasteiger partial charge in [0.05, 0.1) is 13.2 Å². The monoisotopic (exact) mass is 206 g/mol. The number of rotatable bonds is 8. The Bertz CT molecular complexity index is 137. The number of hydrogen-bond donors (Lipinski definition) is 2. The Morgan fingerprint density at radius 3 is 2.21 bits per heavy atom. The summed E-state index contributed by atoms with van der Waals surface area (Å²) in [6, 6.07) is 0. The van der Waals surface area contributed by atoms with Gasteiger partial charge in [-0.05, 0) is 14.1 Å². The Balaban J connectivity index is 3.66. The molecule has 0 aliphatic carbocycles. The normalized spacial score (nSPS) is 11.4. The summed E-state index contributed by atoms with van der Waals surface area (Å²) in [5.74, 6) is 0. The maximum Gasteiger partial charge on any atom is 0.577 e. The molecule has 0 saturated carbocycles. The summed E-state index contributed by atoms with van der Waals surface area (Å²) in [6.45, 7) is 1.84. The summed E-state index contributed by atoms with van der Waals surface area (Å²) in [5.41, 5.74) is 0. The lowest BCUT2D eigenvalue weighted by Gasteiger charge is -2.22. The molecular formula is C7H19BN2O4. The molecule has 0 aliphatic heterocycles. The predicted octanol–water partition coefficient (Wildman–Crippen LogP) is -1.60. The number of hydroxylamine groups is 1. The maximum absolute atomic E-state index is 8.92. The van der Waals surface area contributed by atoms with Crippen LogP contribution in [0.5, 0.6) is 0 Å². The zero-order valence-corrected chi connectivity index (χ0v) is 9.01. The molecule has 0 radical (unpaired) electrons. The molecule has 0 aliphatic rings. The number of nitrogens with zero attached hydrogens (tertiary/aromatic N) is 2. The molecule has 0 aromatic heterocycles. The van der Waals surface area contributed by atoms with E-state index in [0.717, 1.165) is 4.97 Å². The molecule has 0 spiro atoms. The van der Waals surface area contributed by atoms with Crippen LogP contribution >= 0.6 is 0 Å². The van der Waals surface area contributed by atoms with Crippen molar-refractivity contribution in [2.75, 3.05) is 47.5 Å². The van der Waals surface area contributed by atoms with E-state index in [9.17, 15) is 0 Å². The van der Waals surface area contributed by atoms with Crippen molar-refractivity contribution >= 4 is 7.25 Å². The van der Waals surface area contributed by atoms with E-state index >= 15 is 0 Å². The van der Waals surface area contributed by atoms with Crippen LogP contribution in [-0.4, -0.2) is 74.7 Å². The smallest absolute Gasteiger partial charge is 0.412 e. The Labute approximate surface area is 85.1 Å². The van der Waals surface area contributed by atoms with Crippen LogP contribution in [0.1, 0.15) is 0 Å². The number of ether oxygens (including phenoxy) is 1. The lowest BCUT2D eigenvalue weighted by Crippen LogP contribution is -2.43. The van der Waals surface area contributed by atoms with Crippen LogP contribution in [0.4, 0.5) is 0 Å². The van der Waals surface area contributed by atoms with Crippen molar-refractivity contribution in [3.8, 4) is 0 Å². The summed E-state index contributed by atoms with van der Waals surface area (Å²) in [5, 5.41) is 17.8. The van der Waals surface area contributed by atoms with Crippen LogP contribution in [0.25, 0.3) is 0 Å². The highest BCUT2D eigenvalue weighted by atomic mass is 16.7. The molecular weight excluding hydrogens is 187 g/mol. The second kappa shape index (κ2) is 8.16. The molecule has 0 atom stereocenters. The van der Waals surface area contributed by atoms with Gasteiger partial charge in [-0.15, -0.1) is 0 Å². The Morgan fingerprint density at radius 1 is 1.14 bits per heavy atom. The van der Waals surface area contributed by atoms with Gasteiger partial charge in [-0.3, -0.25) is 0 Å². The van der Waals surface area contributed by atoms with Gasteiger partial charge < -0.3 is 24.5 Å². The van der Waals surface area contributed by atoms with Gasteiger partial charge >= 0.3 is 7.25 Å². The van der Waals surface area contributed by atoms with E-state index in [1.807, 2.05) is 19.0 Å². The number of hydrogen-bond acceptors (Lipinski definition) is 6. The first-order valence-corrected chi connectivity index (χ1v) is 4.47. The molecule has 0 aromatic rings. The van der Waals surface area contributed by atoms with E-state index in [-0.39, 0.29) is 0 Å². The molecule has 0 rings (SSSR count). The molecule has 0 aromatic carbocycles. The van der Waals surface area contributed by atoms with Crippen molar-refractivity contribution in [2.45, 2.75) is 0 Å². The van der Waals surface area contributed by atoms with Gasteiger partial charge in [0, 0.05) is 20.2 Å². The van der Waals surface area contributed by atoms with Gasteiger partial charge in [-0.2, -0.15) is 4.97 Å². The van der Waals surface area contributed by atoms with Gasteiger partial charge in [-0.1, -0.05) is 0 Å². The molecule has 0 heterocycles. The number of methoxy groups -OCH3 is 1. The van der Waals surface area contributed by atoms with Gasteiger partial charge in [0.25, 0.3) is 0 Å². The second-order valence-electron chi connectivity index (χ2n) is 3.12. The summed E-state index contributed by atoms with van der Waals surface area (Å²) >= 11 is 0. The average Bonchev–Trinajstić information content (AvgIpc) is 2.10. The largest absolute Gasteiger partial charge is 0.577 e. The standard InChI is InChI=1S/C7H19BN2O4/c1-9(2)4-5-10(8(11)12)14-7-6-13-3/h11-12H,4-7H2,1-3H3. The van der Waals surface area contributed by atoms with Crippen molar-refractivity contribution in [3.05, 3.63) is 0 Å². The molecule has 84 valence electrons. The molecule has 0 amide bonds. The minimum absolute atomic E-state index is 0.307. The lowest BCUT2D eigenvalue weighted by atomic mass is 10.1. The highest BCUT2D eigenvalue weighted by molar-refractivity contribution is 6.36. The van der Waals surface area contributed by atoms with Crippen molar-refractivity contribution in [3.63, 3.8) is 0 Å². The van der Waals surface area contributed by atoms with Crippen LogP contribution in [-0.2, 0) is 9.57 Å². The summed E-state index contributed by atoms with van der Waals surface area (Å²) in [7, 11) is 3.77. The van der Waals surface area contributed by atoms with Crippen LogP contribution < -0.4 is 0 Å². The lowest BCUT2D eigenvalue weighted by molar-refractivity contribution is -0.127. The van der Waals surface area contributed by atoms with Crippen LogP contribution in [0.2, 0.25) is 0 Å². The van der Waals surface area contributed by atoms with Crippen LogP contribution in [0.15, 0.2) is 0 Å².